The van der Waals surface area contributed by atoms with Crippen molar-refractivity contribution < 1.29 is 4.74 Å². The average molecular weight is 375 g/mol. The number of nitrogens with zero attached hydrogens (tertiary/aromatic N) is 2. The van der Waals surface area contributed by atoms with Gasteiger partial charge in [0.25, 0.3) is 0 Å². The Labute approximate surface area is 165 Å². The van der Waals surface area contributed by atoms with E-state index in [1.54, 1.807) is 7.11 Å². The number of hydrogen-bond donors (Lipinski definition) is 2. The molecule has 1 unspecified atom stereocenters. The maximum atomic E-state index is 5.31. The Hall–Kier alpha value is -1.59. The first-order chi connectivity index (χ1) is 13.2. The number of aliphatic imine (C=N–C) groups is 1. The Kier molecular flexibility index (Phi) is 9.08. The summed E-state index contributed by atoms with van der Waals surface area (Å²) < 4.78 is 5.31. The topological polar surface area (TPSA) is 48.9 Å². The molecule has 1 saturated carbocycles. The van der Waals surface area contributed by atoms with E-state index < -0.39 is 0 Å². The van der Waals surface area contributed by atoms with Crippen molar-refractivity contribution in [3.8, 4) is 0 Å². The lowest BCUT2D eigenvalue weighted by Crippen LogP contribution is -2.48. The van der Waals surface area contributed by atoms with Crippen LogP contribution in [0.4, 0.5) is 0 Å². The largest absolute Gasteiger partial charge is 0.385 e. The van der Waals surface area contributed by atoms with Crippen molar-refractivity contribution in [1.29, 1.82) is 0 Å². The third-order valence-electron chi connectivity index (χ3n) is 6.01. The molecular formula is C22H38N4O. The number of benzene rings is 1. The zero-order valence-corrected chi connectivity index (χ0v) is 17.6. The smallest absolute Gasteiger partial charge is 0.191 e. The molecule has 0 radical (unpaired) electrons. The fourth-order valence-corrected chi connectivity index (χ4v) is 3.99. The van der Waals surface area contributed by atoms with Gasteiger partial charge in [-0.05, 0) is 43.3 Å². The highest BCUT2D eigenvalue weighted by Gasteiger charge is 2.36. The summed E-state index contributed by atoms with van der Waals surface area (Å²) in [6.45, 7) is 9.17. The van der Waals surface area contributed by atoms with Crippen molar-refractivity contribution in [2.75, 3.05) is 46.9 Å². The second-order valence-corrected chi connectivity index (χ2v) is 7.55. The summed E-state index contributed by atoms with van der Waals surface area (Å²) in [5.41, 5.74) is 1.73. The fourth-order valence-electron chi connectivity index (χ4n) is 3.99. The first-order valence-electron chi connectivity index (χ1n) is 10.4. The molecule has 1 aromatic carbocycles. The number of ether oxygens (including phenoxy) is 1. The van der Waals surface area contributed by atoms with E-state index >= 15 is 0 Å². The van der Waals surface area contributed by atoms with Gasteiger partial charge in [-0.1, -0.05) is 50.6 Å². The molecule has 2 rings (SSSR count). The lowest BCUT2D eigenvalue weighted by Gasteiger charge is -2.42. The molecule has 0 bridgehead atoms. The van der Waals surface area contributed by atoms with Gasteiger partial charge in [-0.3, -0.25) is 9.89 Å². The quantitative estimate of drug-likeness (QED) is 0.460. The summed E-state index contributed by atoms with van der Waals surface area (Å²) in [6, 6.07) is 11.1. The molecule has 1 fully saturated rings. The monoisotopic (exact) mass is 374 g/mol. The van der Waals surface area contributed by atoms with Crippen molar-refractivity contribution in [2.45, 2.75) is 45.6 Å². The molecule has 152 valence electrons. The van der Waals surface area contributed by atoms with Gasteiger partial charge in [0, 0.05) is 33.9 Å². The number of rotatable bonds is 11. The second kappa shape index (κ2) is 11.3. The van der Waals surface area contributed by atoms with E-state index in [1.165, 1.54) is 24.8 Å². The van der Waals surface area contributed by atoms with E-state index in [0.717, 1.165) is 45.2 Å². The molecule has 27 heavy (non-hydrogen) atoms. The second-order valence-electron chi connectivity index (χ2n) is 7.55. The molecule has 1 aliphatic carbocycles. The summed E-state index contributed by atoms with van der Waals surface area (Å²) in [7, 11) is 3.64. The van der Waals surface area contributed by atoms with Crippen molar-refractivity contribution >= 4 is 5.96 Å². The Morgan fingerprint density at radius 1 is 1.19 bits per heavy atom. The van der Waals surface area contributed by atoms with Crippen LogP contribution in [0, 0.1) is 5.41 Å². The number of guanidine groups is 1. The van der Waals surface area contributed by atoms with Crippen LogP contribution < -0.4 is 10.6 Å². The zero-order valence-electron chi connectivity index (χ0n) is 17.6. The molecule has 2 N–H and O–H groups in total. The molecule has 1 aliphatic rings. The van der Waals surface area contributed by atoms with Crippen LogP contribution in [0.2, 0.25) is 0 Å². The highest BCUT2D eigenvalue weighted by Crippen LogP contribution is 2.43. The predicted octanol–water partition coefficient (Wildman–Crippen LogP) is 3.44. The number of likely N-dealkylation sites (N-methyl/N-ethyl adjacent to an activating group) is 1. The first kappa shape index (κ1) is 21.7. The SMILES string of the molecule is CCN(CC)C(CNC(=NC)NCC1(CCOC)CCC1)c1ccccc1. The average Bonchev–Trinajstić information content (AvgIpc) is 2.68. The van der Waals surface area contributed by atoms with Crippen LogP contribution in [-0.2, 0) is 4.74 Å². The predicted molar refractivity (Wildman–Crippen MR) is 114 cm³/mol. The van der Waals surface area contributed by atoms with Crippen LogP contribution in [0.1, 0.15) is 51.1 Å². The molecule has 5 heteroatoms. The van der Waals surface area contributed by atoms with Gasteiger partial charge in [0.05, 0.1) is 6.04 Å². The standard InChI is InChI=1S/C22H38N4O/c1-5-26(6-2)20(19-11-8-7-9-12-19)17-24-21(23-3)25-18-22(13-10-14-22)15-16-27-4/h7-9,11-12,20H,5-6,10,13-18H2,1-4H3,(H2,23,24,25). The fraction of sp³-hybridized carbons (Fsp3) is 0.682. The summed E-state index contributed by atoms with van der Waals surface area (Å²) in [5.74, 6) is 0.895. The highest BCUT2D eigenvalue weighted by atomic mass is 16.5. The van der Waals surface area contributed by atoms with Gasteiger partial charge in [-0.2, -0.15) is 0 Å². The van der Waals surface area contributed by atoms with Crippen molar-refractivity contribution in [3.63, 3.8) is 0 Å². The van der Waals surface area contributed by atoms with E-state index in [-0.39, 0.29) is 0 Å². The van der Waals surface area contributed by atoms with E-state index in [2.05, 4.69) is 64.7 Å². The molecule has 0 amide bonds. The van der Waals surface area contributed by atoms with Gasteiger partial charge < -0.3 is 15.4 Å². The van der Waals surface area contributed by atoms with Crippen LogP contribution in [0.25, 0.3) is 0 Å². The Morgan fingerprint density at radius 2 is 1.89 bits per heavy atom. The van der Waals surface area contributed by atoms with Gasteiger partial charge in [0.15, 0.2) is 5.96 Å². The molecule has 0 saturated heterocycles. The maximum Gasteiger partial charge on any atom is 0.191 e. The third-order valence-corrected chi connectivity index (χ3v) is 6.01. The van der Waals surface area contributed by atoms with Crippen LogP contribution in [0.5, 0.6) is 0 Å². The van der Waals surface area contributed by atoms with E-state index in [4.69, 9.17) is 4.74 Å². The maximum absolute atomic E-state index is 5.31. The van der Waals surface area contributed by atoms with Crippen molar-refractivity contribution in [3.05, 3.63) is 35.9 Å². The van der Waals surface area contributed by atoms with E-state index in [1.807, 2.05) is 7.05 Å². The summed E-state index contributed by atoms with van der Waals surface area (Å²) in [5, 5.41) is 7.13. The number of methoxy groups -OCH3 is 1. The molecule has 5 nitrogen and oxygen atoms in total. The van der Waals surface area contributed by atoms with E-state index in [9.17, 15) is 0 Å². The minimum absolute atomic E-state index is 0.339. The summed E-state index contributed by atoms with van der Waals surface area (Å²) in [6.07, 6.45) is 5.02. The molecule has 1 aromatic rings. The van der Waals surface area contributed by atoms with Crippen LogP contribution >= 0.6 is 0 Å². The van der Waals surface area contributed by atoms with Crippen LogP contribution in [-0.4, -0.2) is 57.8 Å². The lowest BCUT2D eigenvalue weighted by molar-refractivity contribution is 0.0732. The molecule has 0 aromatic heterocycles. The van der Waals surface area contributed by atoms with Crippen molar-refractivity contribution in [2.24, 2.45) is 10.4 Å². The molecule has 0 aliphatic heterocycles. The molecular weight excluding hydrogens is 336 g/mol. The summed E-state index contributed by atoms with van der Waals surface area (Å²) in [4.78, 5) is 6.94. The Bertz CT molecular complexity index is 553. The van der Waals surface area contributed by atoms with Crippen molar-refractivity contribution in [1.82, 2.24) is 15.5 Å². The van der Waals surface area contributed by atoms with Crippen LogP contribution in [0.15, 0.2) is 35.3 Å². The molecule has 1 atom stereocenters. The zero-order chi connectivity index (χ0) is 19.5. The van der Waals surface area contributed by atoms with Crippen LogP contribution in [0.3, 0.4) is 0 Å². The minimum Gasteiger partial charge on any atom is -0.385 e. The normalized spacial score (nSPS) is 17.4. The number of hydrogen-bond acceptors (Lipinski definition) is 3. The van der Waals surface area contributed by atoms with Gasteiger partial charge >= 0.3 is 0 Å². The van der Waals surface area contributed by atoms with Gasteiger partial charge in [-0.25, -0.2) is 0 Å². The Balaban J connectivity index is 1.93. The minimum atomic E-state index is 0.339. The summed E-state index contributed by atoms with van der Waals surface area (Å²) >= 11 is 0. The Morgan fingerprint density at radius 3 is 2.41 bits per heavy atom. The number of nitrogens with one attached hydrogen (secondary N) is 2. The first-order valence-corrected chi connectivity index (χ1v) is 10.4. The van der Waals surface area contributed by atoms with Gasteiger partial charge in [-0.15, -0.1) is 0 Å². The van der Waals surface area contributed by atoms with Gasteiger partial charge in [0.1, 0.15) is 0 Å². The van der Waals surface area contributed by atoms with E-state index in [0.29, 0.717) is 11.5 Å². The third kappa shape index (κ3) is 6.22. The lowest BCUT2D eigenvalue weighted by atomic mass is 9.67. The highest BCUT2D eigenvalue weighted by molar-refractivity contribution is 5.79. The molecule has 0 heterocycles. The molecule has 0 spiro atoms. The van der Waals surface area contributed by atoms with Gasteiger partial charge in [0.2, 0.25) is 0 Å².